The van der Waals surface area contributed by atoms with Crippen molar-refractivity contribution < 1.29 is 42.1 Å². The predicted octanol–water partition coefficient (Wildman–Crippen LogP) is 22.8. The summed E-state index contributed by atoms with van der Waals surface area (Å²) in [5.41, 5.74) is 0. The fourth-order valence-electron chi connectivity index (χ4n) is 9.33. The topological polar surface area (TPSA) is 108 Å². The van der Waals surface area contributed by atoms with Gasteiger partial charge in [0.25, 0.3) is 0 Å². The highest BCUT2D eigenvalue weighted by Crippen LogP contribution is 2.43. The number of unbranched alkanes of at least 4 members (excludes halogenated alkanes) is 27. The number of likely N-dealkylation sites (N-methyl/N-ethyl adjacent to an activating group) is 1. The van der Waals surface area contributed by atoms with Gasteiger partial charge in [0.2, 0.25) is 0 Å². The molecule has 0 fully saturated rings. The molecule has 86 heavy (non-hydrogen) atoms. The van der Waals surface area contributed by atoms with Crippen LogP contribution in [0, 0.1) is 0 Å². The minimum Gasteiger partial charge on any atom is -0.462 e. The Morgan fingerprint density at radius 1 is 0.372 bits per heavy atom. The first kappa shape index (κ1) is 82.1. The van der Waals surface area contributed by atoms with Crippen molar-refractivity contribution >= 4 is 19.8 Å². The number of hydrogen-bond acceptors (Lipinski definition) is 7. The number of carbonyl (C=O) groups excluding carboxylic acids is 2. The van der Waals surface area contributed by atoms with E-state index in [9.17, 15) is 19.0 Å². The van der Waals surface area contributed by atoms with Gasteiger partial charge in [-0.2, -0.15) is 0 Å². The van der Waals surface area contributed by atoms with E-state index >= 15 is 0 Å². The van der Waals surface area contributed by atoms with Gasteiger partial charge in [0.05, 0.1) is 27.7 Å². The van der Waals surface area contributed by atoms with Crippen LogP contribution in [-0.4, -0.2) is 74.9 Å². The average Bonchev–Trinajstić information content (AvgIpc) is 3.56. The Morgan fingerprint density at radius 3 is 0.988 bits per heavy atom. The highest BCUT2D eigenvalue weighted by atomic mass is 31.2. The first-order chi connectivity index (χ1) is 42.0. The molecule has 1 N–H and O–H groups in total. The van der Waals surface area contributed by atoms with Crippen molar-refractivity contribution in [2.24, 2.45) is 0 Å². The van der Waals surface area contributed by atoms with Crippen molar-refractivity contribution in [1.29, 1.82) is 0 Å². The van der Waals surface area contributed by atoms with Gasteiger partial charge in [-0.3, -0.25) is 18.6 Å². The van der Waals surface area contributed by atoms with Crippen molar-refractivity contribution in [3.05, 3.63) is 134 Å². The summed E-state index contributed by atoms with van der Waals surface area (Å²) in [6.07, 6.45) is 95.4. The van der Waals surface area contributed by atoms with Crippen LogP contribution in [0.25, 0.3) is 0 Å². The monoisotopic (exact) mass is 1220 g/mol. The molecule has 0 heterocycles. The zero-order chi connectivity index (χ0) is 62.6. The smallest absolute Gasteiger partial charge is 0.462 e. The van der Waals surface area contributed by atoms with Crippen LogP contribution in [-0.2, 0) is 32.7 Å². The van der Waals surface area contributed by atoms with Gasteiger partial charge in [-0.25, -0.2) is 4.57 Å². The maximum atomic E-state index is 12.9. The molecule has 0 aromatic rings. The van der Waals surface area contributed by atoms with E-state index in [4.69, 9.17) is 18.5 Å². The summed E-state index contributed by atoms with van der Waals surface area (Å²) in [6, 6.07) is 0. The number of hydrogen-bond donors (Lipinski definition) is 1. The Labute approximate surface area is 530 Å². The number of allylic oxidation sites excluding steroid dienone is 22. The third kappa shape index (κ3) is 69.3. The first-order valence-corrected chi connectivity index (χ1v) is 36.4. The Bertz CT molecular complexity index is 1910. The third-order valence-corrected chi connectivity index (χ3v) is 15.6. The van der Waals surface area contributed by atoms with Crippen molar-refractivity contribution in [2.45, 2.75) is 290 Å². The molecule has 0 rings (SSSR count). The van der Waals surface area contributed by atoms with Crippen LogP contribution in [0.3, 0.4) is 0 Å². The molecular formula is C76H131NO8P+. The Hall–Kier alpha value is -3.85. The van der Waals surface area contributed by atoms with Gasteiger partial charge in [-0.05, 0) is 116 Å². The molecule has 0 amide bonds. The summed E-state index contributed by atoms with van der Waals surface area (Å²) >= 11 is 0. The second kappa shape index (κ2) is 65.6. The highest BCUT2D eigenvalue weighted by Gasteiger charge is 2.27. The SMILES string of the molecule is CC/C=C\C/C=C\C/C=C\C/C=C\C/C=C\C/C=C\C/C=C\C/C=C\C/C=C\CCCCCCCCCC(=O)OC(COC(=O)CCCCCCCCCCCCCCCCC/C=C\C/C=C\CCCCCCC)COP(=O)(O)OCC[N+](C)(C)C. The number of ether oxygens (including phenoxy) is 2. The number of rotatable bonds is 63. The van der Waals surface area contributed by atoms with E-state index in [1.807, 2.05) is 21.1 Å². The van der Waals surface area contributed by atoms with Crippen molar-refractivity contribution in [3.63, 3.8) is 0 Å². The summed E-state index contributed by atoms with van der Waals surface area (Å²) in [6.45, 7) is 4.31. The van der Waals surface area contributed by atoms with Crippen LogP contribution in [0.1, 0.15) is 284 Å². The van der Waals surface area contributed by atoms with Gasteiger partial charge in [0.15, 0.2) is 6.10 Å². The Balaban J connectivity index is 4.13. The molecule has 0 aromatic heterocycles. The van der Waals surface area contributed by atoms with E-state index in [0.29, 0.717) is 17.4 Å². The summed E-state index contributed by atoms with van der Waals surface area (Å²) < 4.78 is 34.7. The molecule has 0 saturated carbocycles. The van der Waals surface area contributed by atoms with Crippen LogP contribution in [0.4, 0.5) is 0 Å². The molecule has 9 nitrogen and oxygen atoms in total. The van der Waals surface area contributed by atoms with E-state index in [0.717, 1.165) is 109 Å². The maximum absolute atomic E-state index is 12.9. The van der Waals surface area contributed by atoms with E-state index in [2.05, 4.69) is 148 Å². The molecule has 0 spiro atoms. The number of nitrogens with zero attached hydrogens (tertiary/aromatic N) is 1. The molecule has 492 valence electrons. The maximum Gasteiger partial charge on any atom is 0.472 e. The van der Waals surface area contributed by atoms with Gasteiger partial charge in [-0.1, -0.05) is 289 Å². The largest absolute Gasteiger partial charge is 0.472 e. The molecule has 2 atom stereocenters. The lowest BCUT2D eigenvalue weighted by Crippen LogP contribution is -2.37. The number of esters is 2. The quantitative estimate of drug-likeness (QED) is 0.0211. The van der Waals surface area contributed by atoms with E-state index in [1.165, 1.54) is 141 Å². The molecule has 2 unspecified atom stereocenters. The zero-order valence-corrected chi connectivity index (χ0v) is 56.9. The summed E-state index contributed by atoms with van der Waals surface area (Å²) in [5, 5.41) is 0. The van der Waals surface area contributed by atoms with Crippen molar-refractivity contribution in [1.82, 2.24) is 0 Å². The highest BCUT2D eigenvalue weighted by molar-refractivity contribution is 7.47. The van der Waals surface area contributed by atoms with Gasteiger partial charge in [-0.15, -0.1) is 0 Å². The summed E-state index contributed by atoms with van der Waals surface area (Å²) in [7, 11) is 1.46. The molecule has 0 saturated heterocycles. The fourth-order valence-corrected chi connectivity index (χ4v) is 10.1. The van der Waals surface area contributed by atoms with Crippen LogP contribution in [0.15, 0.2) is 134 Å². The average molecular weight is 1220 g/mol. The van der Waals surface area contributed by atoms with Gasteiger partial charge >= 0.3 is 19.8 Å². The van der Waals surface area contributed by atoms with Crippen molar-refractivity contribution in [3.8, 4) is 0 Å². The molecule has 0 aromatic carbocycles. The predicted molar refractivity (Wildman–Crippen MR) is 371 cm³/mol. The second-order valence-corrected chi connectivity index (χ2v) is 25.6. The first-order valence-electron chi connectivity index (χ1n) is 34.9. The minimum absolute atomic E-state index is 0.0234. The van der Waals surface area contributed by atoms with Crippen LogP contribution in [0.5, 0.6) is 0 Å². The van der Waals surface area contributed by atoms with E-state index < -0.39 is 26.5 Å². The molecule has 0 bridgehead atoms. The Morgan fingerprint density at radius 2 is 0.663 bits per heavy atom. The molecule has 0 aliphatic heterocycles. The van der Waals surface area contributed by atoms with Crippen LogP contribution >= 0.6 is 7.82 Å². The Kier molecular flexibility index (Phi) is 62.7. The van der Waals surface area contributed by atoms with E-state index in [-0.39, 0.29) is 32.0 Å². The van der Waals surface area contributed by atoms with Crippen molar-refractivity contribution in [2.75, 3.05) is 47.5 Å². The summed E-state index contributed by atoms with van der Waals surface area (Å²) in [4.78, 5) is 35.9. The minimum atomic E-state index is -4.40. The molecular weight excluding hydrogens is 1090 g/mol. The number of phosphoric acid groups is 1. The standard InChI is InChI=1S/C76H130NO8P/c1-6-8-10-12-14-16-18-20-22-24-26-28-30-32-34-35-36-37-38-39-40-41-43-45-47-49-51-53-55-57-59-61-63-65-67-69-76(79)85-74(73-84-86(80,81)83-71-70-77(3,4)5)72-82-75(78)68-66-64-62-60-58-56-54-52-50-48-46-44-42-33-31-29-27-25-23-21-19-17-15-13-11-9-7-2/h8,10,14,16,19-22,25-28,32,34,36-37,39-40,43,45,49,51,74H,6-7,9,11-13,15,17-18,23-24,29-31,33,35,38,41-42,44,46-48,50,52-73H2,1-5H3/p+1/b10-8-,16-14-,21-19-,22-20-,27-25-,28-26-,34-32-,37-36-,40-39-,45-43-,51-49-. The second-order valence-electron chi connectivity index (χ2n) is 24.2. The fraction of sp³-hybridized carbons (Fsp3) is 0.684. The number of quaternary nitrogens is 1. The normalized spacial score (nSPS) is 14.0. The number of carbonyl (C=O) groups is 2. The van der Waals surface area contributed by atoms with Crippen LogP contribution in [0.2, 0.25) is 0 Å². The number of phosphoric ester groups is 1. The van der Waals surface area contributed by atoms with Gasteiger partial charge < -0.3 is 18.9 Å². The molecule has 10 heteroatoms. The zero-order valence-electron chi connectivity index (χ0n) is 56.0. The van der Waals surface area contributed by atoms with Gasteiger partial charge in [0.1, 0.15) is 19.8 Å². The summed E-state index contributed by atoms with van der Waals surface area (Å²) in [5.74, 6) is -0.811. The third-order valence-electron chi connectivity index (χ3n) is 14.7. The van der Waals surface area contributed by atoms with Gasteiger partial charge in [0, 0.05) is 12.8 Å². The molecule has 0 radical (unpaired) electrons. The lowest BCUT2D eigenvalue weighted by Gasteiger charge is -2.24. The lowest BCUT2D eigenvalue weighted by molar-refractivity contribution is -0.870. The molecule has 0 aliphatic carbocycles. The molecule has 0 aliphatic rings. The van der Waals surface area contributed by atoms with Crippen LogP contribution < -0.4 is 0 Å². The lowest BCUT2D eigenvalue weighted by atomic mass is 10.0. The van der Waals surface area contributed by atoms with E-state index in [1.54, 1.807) is 0 Å².